The quantitative estimate of drug-likeness (QED) is 0.264. The molecule has 0 radical (unpaired) electrons. The van der Waals surface area contributed by atoms with Gasteiger partial charge in [-0.3, -0.25) is 4.79 Å². The average Bonchev–Trinajstić information content (AvgIpc) is 3.00. The summed E-state index contributed by atoms with van der Waals surface area (Å²) in [5, 5.41) is 9.42. The van der Waals surface area contributed by atoms with E-state index in [1.54, 1.807) is 24.3 Å². The van der Waals surface area contributed by atoms with Crippen molar-refractivity contribution >= 4 is 17.8 Å². The maximum absolute atomic E-state index is 12.3. The first-order valence-corrected chi connectivity index (χ1v) is 9.89. The van der Waals surface area contributed by atoms with Gasteiger partial charge in [-0.1, -0.05) is 13.8 Å². The third-order valence-electron chi connectivity index (χ3n) is 4.93. The van der Waals surface area contributed by atoms with Crippen molar-refractivity contribution < 1.29 is 19.1 Å². The van der Waals surface area contributed by atoms with Crippen LogP contribution in [0.25, 0.3) is 6.08 Å². The van der Waals surface area contributed by atoms with Gasteiger partial charge in [0.15, 0.2) is 12.4 Å². The van der Waals surface area contributed by atoms with Crippen LogP contribution in [0.1, 0.15) is 47.6 Å². The maximum atomic E-state index is 12.3. The molecular formula is C24H28N2O4. The number of hydrogen-bond acceptors (Lipinski definition) is 5. The van der Waals surface area contributed by atoms with Gasteiger partial charge in [-0.25, -0.2) is 4.79 Å². The Morgan fingerprint density at radius 3 is 2.43 bits per heavy atom. The highest BCUT2D eigenvalue weighted by molar-refractivity contribution is 6.02. The minimum Gasteiger partial charge on any atom is -0.497 e. The Hall–Kier alpha value is -3.33. The van der Waals surface area contributed by atoms with Crippen LogP contribution in [0.5, 0.6) is 5.75 Å². The zero-order valence-electron chi connectivity index (χ0n) is 18.2. The maximum Gasteiger partial charge on any atom is 0.349 e. The van der Waals surface area contributed by atoms with E-state index in [2.05, 4.69) is 18.4 Å². The number of aryl methyl sites for hydroxylation is 1. The number of nitrogens with zero attached hydrogens (tertiary/aromatic N) is 2. The first kappa shape index (κ1) is 23.0. The fourth-order valence-corrected chi connectivity index (χ4v) is 3.07. The predicted molar refractivity (Wildman–Crippen MR) is 115 cm³/mol. The van der Waals surface area contributed by atoms with Crippen molar-refractivity contribution in [1.29, 1.82) is 5.26 Å². The van der Waals surface area contributed by atoms with Gasteiger partial charge < -0.3 is 14.0 Å². The molecule has 6 nitrogen and oxygen atoms in total. The van der Waals surface area contributed by atoms with Crippen molar-refractivity contribution in [3.8, 4) is 11.8 Å². The van der Waals surface area contributed by atoms with E-state index in [0.717, 1.165) is 29.9 Å². The molecular weight excluding hydrogens is 380 g/mol. The number of methoxy groups -OCH3 is 1. The normalized spacial score (nSPS) is 11.3. The van der Waals surface area contributed by atoms with Crippen LogP contribution in [0.3, 0.4) is 0 Å². The van der Waals surface area contributed by atoms with Crippen LogP contribution in [-0.2, 0) is 16.1 Å². The van der Waals surface area contributed by atoms with E-state index in [1.165, 1.54) is 13.2 Å². The predicted octanol–water partition coefficient (Wildman–Crippen LogP) is 4.49. The van der Waals surface area contributed by atoms with Crippen LogP contribution < -0.4 is 4.74 Å². The molecule has 0 aliphatic heterocycles. The van der Waals surface area contributed by atoms with Crippen LogP contribution in [0.2, 0.25) is 0 Å². The lowest BCUT2D eigenvalue weighted by Gasteiger charge is -2.11. The smallest absolute Gasteiger partial charge is 0.349 e. The molecule has 1 heterocycles. The van der Waals surface area contributed by atoms with E-state index >= 15 is 0 Å². The SMILES string of the molecule is COc1ccc(C(=O)COC(=O)/C(C#N)=C/c2cc(C)n(CCC(C)C)c2C)cc1. The number of benzene rings is 1. The lowest BCUT2D eigenvalue weighted by molar-refractivity contribution is -0.137. The molecule has 0 N–H and O–H groups in total. The number of aromatic nitrogens is 1. The molecule has 0 bridgehead atoms. The van der Waals surface area contributed by atoms with Gasteiger partial charge in [0, 0.05) is 23.5 Å². The summed E-state index contributed by atoms with van der Waals surface area (Å²) in [5.41, 5.74) is 3.12. The Balaban J connectivity index is 2.08. The third kappa shape index (κ3) is 5.84. The van der Waals surface area contributed by atoms with Crippen molar-refractivity contribution in [3.05, 3.63) is 58.4 Å². The Bertz CT molecular complexity index is 976. The van der Waals surface area contributed by atoms with Gasteiger partial charge in [0.1, 0.15) is 17.4 Å². The van der Waals surface area contributed by atoms with Crippen LogP contribution in [0, 0.1) is 31.1 Å². The van der Waals surface area contributed by atoms with Crippen molar-refractivity contribution in [2.75, 3.05) is 13.7 Å². The molecule has 1 aromatic heterocycles. The summed E-state index contributed by atoms with van der Waals surface area (Å²) in [4.78, 5) is 24.6. The molecule has 0 atom stereocenters. The van der Waals surface area contributed by atoms with Gasteiger partial charge in [-0.2, -0.15) is 5.26 Å². The number of ether oxygens (including phenoxy) is 2. The zero-order valence-corrected chi connectivity index (χ0v) is 18.2. The summed E-state index contributed by atoms with van der Waals surface area (Å²) in [6.07, 6.45) is 2.56. The summed E-state index contributed by atoms with van der Waals surface area (Å²) in [6.45, 7) is 8.76. The van der Waals surface area contributed by atoms with E-state index in [4.69, 9.17) is 9.47 Å². The van der Waals surface area contributed by atoms with Gasteiger partial charge in [0.05, 0.1) is 7.11 Å². The second-order valence-electron chi connectivity index (χ2n) is 7.56. The molecule has 6 heteroatoms. The number of carbonyl (C=O) groups excluding carboxylic acids is 2. The number of rotatable bonds is 9. The van der Waals surface area contributed by atoms with Crippen LogP contribution >= 0.6 is 0 Å². The monoisotopic (exact) mass is 408 g/mol. The molecule has 1 aromatic carbocycles. The molecule has 2 rings (SSSR count). The minimum absolute atomic E-state index is 0.137. The molecule has 0 saturated carbocycles. The second-order valence-corrected chi connectivity index (χ2v) is 7.56. The molecule has 2 aromatic rings. The summed E-state index contributed by atoms with van der Waals surface area (Å²) >= 11 is 0. The fourth-order valence-electron chi connectivity index (χ4n) is 3.07. The molecule has 0 unspecified atom stereocenters. The molecule has 0 saturated heterocycles. The van der Waals surface area contributed by atoms with Crippen LogP contribution in [-0.4, -0.2) is 30.0 Å². The number of carbonyl (C=O) groups is 2. The summed E-state index contributed by atoms with van der Waals surface area (Å²) in [7, 11) is 1.54. The second kappa shape index (κ2) is 10.4. The molecule has 0 aliphatic rings. The standard InChI is InChI=1S/C24H28N2O4/c1-16(2)10-11-26-17(3)12-20(18(26)4)13-21(14-25)24(28)30-15-23(27)19-6-8-22(29-5)9-7-19/h6-9,12-13,16H,10-11,15H2,1-5H3/b21-13+. The van der Waals surface area contributed by atoms with Gasteiger partial charge in [-0.15, -0.1) is 0 Å². The Morgan fingerprint density at radius 1 is 1.20 bits per heavy atom. The Labute approximate surface area is 177 Å². The highest BCUT2D eigenvalue weighted by Gasteiger charge is 2.16. The van der Waals surface area contributed by atoms with Crippen molar-refractivity contribution in [1.82, 2.24) is 4.57 Å². The third-order valence-corrected chi connectivity index (χ3v) is 4.93. The topological polar surface area (TPSA) is 81.3 Å². The molecule has 0 aliphatic carbocycles. The van der Waals surface area contributed by atoms with Crippen LogP contribution in [0.4, 0.5) is 0 Å². The van der Waals surface area contributed by atoms with Crippen molar-refractivity contribution in [2.45, 2.75) is 40.7 Å². The highest BCUT2D eigenvalue weighted by Crippen LogP contribution is 2.20. The molecule has 158 valence electrons. The molecule has 0 fully saturated rings. The number of hydrogen-bond donors (Lipinski definition) is 0. The summed E-state index contributed by atoms with van der Waals surface area (Å²) in [5.74, 6) is 0.0452. The summed E-state index contributed by atoms with van der Waals surface area (Å²) in [6, 6.07) is 10.3. The fraction of sp³-hybridized carbons (Fsp3) is 0.375. The van der Waals surface area contributed by atoms with E-state index in [1.807, 2.05) is 26.0 Å². The van der Waals surface area contributed by atoms with Gasteiger partial charge in [0.25, 0.3) is 0 Å². The van der Waals surface area contributed by atoms with Gasteiger partial charge in [-0.05, 0) is 68.2 Å². The number of Topliss-reactive ketones (excluding diaryl/α,β-unsaturated/α-hetero) is 1. The molecule has 0 spiro atoms. The van der Waals surface area contributed by atoms with E-state index in [9.17, 15) is 14.9 Å². The average molecular weight is 408 g/mol. The van der Waals surface area contributed by atoms with Crippen molar-refractivity contribution in [2.24, 2.45) is 5.92 Å². The van der Waals surface area contributed by atoms with Gasteiger partial charge in [0.2, 0.25) is 0 Å². The minimum atomic E-state index is -0.814. The number of esters is 1. The van der Waals surface area contributed by atoms with Crippen LogP contribution in [0.15, 0.2) is 35.9 Å². The van der Waals surface area contributed by atoms with E-state index < -0.39 is 12.6 Å². The van der Waals surface area contributed by atoms with E-state index in [0.29, 0.717) is 17.2 Å². The lowest BCUT2D eigenvalue weighted by atomic mass is 10.1. The van der Waals surface area contributed by atoms with Crippen molar-refractivity contribution in [3.63, 3.8) is 0 Å². The highest BCUT2D eigenvalue weighted by atomic mass is 16.5. The Kier molecular flexibility index (Phi) is 7.99. The largest absolute Gasteiger partial charge is 0.497 e. The molecule has 30 heavy (non-hydrogen) atoms. The van der Waals surface area contributed by atoms with Gasteiger partial charge >= 0.3 is 5.97 Å². The zero-order chi connectivity index (χ0) is 22.3. The number of ketones is 1. The summed E-state index contributed by atoms with van der Waals surface area (Å²) < 4.78 is 12.3. The number of nitriles is 1. The lowest BCUT2D eigenvalue weighted by Crippen LogP contribution is -2.15. The molecule has 0 amide bonds. The first-order valence-electron chi connectivity index (χ1n) is 9.89. The first-order chi connectivity index (χ1) is 14.3. The Morgan fingerprint density at radius 2 is 1.87 bits per heavy atom. The van der Waals surface area contributed by atoms with E-state index in [-0.39, 0.29) is 11.4 Å².